The van der Waals surface area contributed by atoms with Crippen LogP contribution in [-0.4, -0.2) is 28.3 Å². The van der Waals surface area contributed by atoms with Crippen LogP contribution in [0.3, 0.4) is 0 Å². The van der Waals surface area contributed by atoms with Crippen molar-refractivity contribution in [3.63, 3.8) is 0 Å². The molecule has 1 aliphatic heterocycles. The molecule has 1 aliphatic rings. The fourth-order valence-corrected chi connectivity index (χ4v) is 2.04. The molecule has 4 heteroatoms. The third-order valence-corrected chi connectivity index (χ3v) is 3.23. The lowest BCUT2D eigenvalue weighted by Crippen LogP contribution is -2.41. The molecule has 0 amide bonds. The lowest BCUT2D eigenvalue weighted by molar-refractivity contribution is 0.0654. The van der Waals surface area contributed by atoms with Crippen LogP contribution < -0.4 is 5.32 Å². The Morgan fingerprint density at radius 1 is 1.44 bits per heavy atom. The maximum atomic E-state index is 5.39. The maximum Gasteiger partial charge on any atom is 0.203 e. The first-order chi connectivity index (χ1) is 7.61. The zero-order chi connectivity index (χ0) is 11.6. The van der Waals surface area contributed by atoms with Gasteiger partial charge in [0.2, 0.25) is 5.95 Å². The van der Waals surface area contributed by atoms with Gasteiger partial charge >= 0.3 is 0 Å². The van der Waals surface area contributed by atoms with E-state index in [1.165, 1.54) is 0 Å². The highest BCUT2D eigenvalue weighted by Gasteiger charge is 2.28. The monoisotopic (exact) mass is 223 g/mol. The molecule has 1 saturated heterocycles. The summed E-state index contributed by atoms with van der Waals surface area (Å²) in [6, 6.07) is 0.438. The summed E-state index contributed by atoms with van der Waals surface area (Å²) in [5, 5.41) is 3.56. The number of nitrogens with one attached hydrogen (secondary N) is 1. The van der Waals surface area contributed by atoms with E-state index in [9.17, 15) is 0 Å². The summed E-state index contributed by atoms with van der Waals surface area (Å²) in [6.07, 6.45) is 5.95. The van der Waals surface area contributed by atoms with E-state index in [0.717, 1.165) is 32.0 Å². The average Bonchev–Trinajstić information content (AvgIpc) is 2.66. The Labute approximate surface area is 97.0 Å². The Hall–Kier alpha value is -1.03. The van der Waals surface area contributed by atoms with Crippen LogP contribution in [0.15, 0.2) is 12.4 Å². The van der Waals surface area contributed by atoms with Crippen molar-refractivity contribution in [2.24, 2.45) is 0 Å². The highest BCUT2D eigenvalue weighted by molar-refractivity contribution is 5.31. The van der Waals surface area contributed by atoms with Crippen LogP contribution >= 0.6 is 0 Å². The van der Waals surface area contributed by atoms with Crippen molar-refractivity contribution >= 4 is 5.95 Å². The molecule has 16 heavy (non-hydrogen) atoms. The zero-order valence-corrected chi connectivity index (χ0v) is 10.4. The second kappa shape index (κ2) is 4.45. The summed E-state index contributed by atoms with van der Waals surface area (Å²) >= 11 is 0. The van der Waals surface area contributed by atoms with Gasteiger partial charge in [0, 0.05) is 37.2 Å². The van der Waals surface area contributed by atoms with Crippen LogP contribution in [0.5, 0.6) is 0 Å². The number of rotatable bonds is 3. The number of anilines is 1. The lowest BCUT2D eigenvalue weighted by atomic mass is 9.93. The topological polar surface area (TPSA) is 39.1 Å². The number of imidazole rings is 1. The summed E-state index contributed by atoms with van der Waals surface area (Å²) in [4.78, 5) is 4.39. The number of nitrogens with zero attached hydrogens (tertiary/aromatic N) is 2. The van der Waals surface area contributed by atoms with Crippen molar-refractivity contribution in [3.8, 4) is 0 Å². The number of aromatic nitrogens is 2. The molecule has 0 aliphatic carbocycles. The molecule has 0 aromatic carbocycles. The molecular formula is C12H21N3O. The van der Waals surface area contributed by atoms with E-state index in [1.807, 2.05) is 12.4 Å². The van der Waals surface area contributed by atoms with E-state index in [0.29, 0.717) is 6.04 Å². The van der Waals surface area contributed by atoms with E-state index in [2.05, 4.69) is 35.6 Å². The Morgan fingerprint density at radius 2 is 2.12 bits per heavy atom. The minimum atomic E-state index is 0.121. The van der Waals surface area contributed by atoms with Gasteiger partial charge in [0.05, 0.1) is 0 Å². The smallest absolute Gasteiger partial charge is 0.203 e. The predicted molar refractivity (Wildman–Crippen MR) is 64.7 cm³/mol. The number of ether oxygens (including phenoxy) is 1. The van der Waals surface area contributed by atoms with Gasteiger partial charge in [-0.3, -0.25) is 0 Å². The minimum Gasteiger partial charge on any atom is -0.381 e. The predicted octanol–water partition coefficient (Wildman–Crippen LogP) is 2.45. The molecule has 0 atom stereocenters. The van der Waals surface area contributed by atoms with Crippen molar-refractivity contribution in [1.29, 1.82) is 0 Å². The van der Waals surface area contributed by atoms with Crippen LogP contribution in [0.1, 0.15) is 39.7 Å². The molecule has 90 valence electrons. The van der Waals surface area contributed by atoms with Gasteiger partial charge < -0.3 is 14.6 Å². The first-order valence-corrected chi connectivity index (χ1v) is 5.99. The molecule has 1 aromatic rings. The molecule has 2 heterocycles. The Kier molecular flexibility index (Phi) is 3.19. The normalized spacial score (nSPS) is 20.0. The third kappa shape index (κ3) is 2.38. The highest BCUT2D eigenvalue weighted by atomic mass is 16.5. The fourth-order valence-electron chi connectivity index (χ4n) is 2.04. The van der Waals surface area contributed by atoms with Gasteiger partial charge in [0.25, 0.3) is 0 Å². The van der Waals surface area contributed by atoms with Crippen LogP contribution in [0.4, 0.5) is 5.95 Å². The lowest BCUT2D eigenvalue weighted by Gasteiger charge is -2.35. The molecule has 1 N–H and O–H groups in total. The second-order valence-corrected chi connectivity index (χ2v) is 5.05. The molecule has 0 radical (unpaired) electrons. The first kappa shape index (κ1) is 11.5. The molecule has 0 spiro atoms. The van der Waals surface area contributed by atoms with Gasteiger partial charge in [-0.05, 0) is 33.6 Å². The van der Waals surface area contributed by atoms with Crippen LogP contribution in [-0.2, 0) is 4.74 Å². The van der Waals surface area contributed by atoms with Gasteiger partial charge in [-0.2, -0.15) is 0 Å². The standard InChI is InChI=1S/C12H21N3O/c1-10(2)15-7-6-13-11(15)14-12(3)4-8-16-9-5-12/h6-7,10H,4-5,8-9H2,1-3H3,(H,13,14). The third-order valence-electron chi connectivity index (χ3n) is 3.23. The molecule has 2 rings (SSSR count). The number of hydrogen-bond acceptors (Lipinski definition) is 3. The molecule has 1 aromatic heterocycles. The van der Waals surface area contributed by atoms with E-state index in [4.69, 9.17) is 4.74 Å². The van der Waals surface area contributed by atoms with Gasteiger partial charge in [-0.25, -0.2) is 4.98 Å². The van der Waals surface area contributed by atoms with Crippen molar-refractivity contribution < 1.29 is 4.74 Å². The zero-order valence-electron chi connectivity index (χ0n) is 10.4. The van der Waals surface area contributed by atoms with Crippen molar-refractivity contribution in [2.45, 2.75) is 45.2 Å². The molecule has 4 nitrogen and oxygen atoms in total. The van der Waals surface area contributed by atoms with Crippen LogP contribution in [0, 0.1) is 0 Å². The summed E-state index contributed by atoms with van der Waals surface area (Å²) in [5.74, 6) is 0.972. The van der Waals surface area contributed by atoms with Crippen LogP contribution in [0.25, 0.3) is 0 Å². The van der Waals surface area contributed by atoms with E-state index >= 15 is 0 Å². The minimum absolute atomic E-state index is 0.121. The SMILES string of the molecule is CC(C)n1ccnc1NC1(C)CCOCC1. The molecular weight excluding hydrogens is 202 g/mol. The van der Waals surface area contributed by atoms with Crippen LogP contribution in [0.2, 0.25) is 0 Å². The van der Waals surface area contributed by atoms with Gasteiger partial charge in [0.15, 0.2) is 0 Å². The molecule has 0 bridgehead atoms. The van der Waals surface area contributed by atoms with Gasteiger partial charge in [-0.1, -0.05) is 0 Å². The Balaban J connectivity index is 2.10. The fraction of sp³-hybridized carbons (Fsp3) is 0.750. The van der Waals surface area contributed by atoms with Crippen molar-refractivity contribution in [3.05, 3.63) is 12.4 Å². The van der Waals surface area contributed by atoms with E-state index in [1.54, 1.807) is 0 Å². The van der Waals surface area contributed by atoms with E-state index in [-0.39, 0.29) is 5.54 Å². The van der Waals surface area contributed by atoms with Crippen molar-refractivity contribution in [2.75, 3.05) is 18.5 Å². The molecule has 0 saturated carbocycles. The Morgan fingerprint density at radius 3 is 2.75 bits per heavy atom. The van der Waals surface area contributed by atoms with Gasteiger partial charge in [0.1, 0.15) is 0 Å². The summed E-state index contributed by atoms with van der Waals surface area (Å²) in [7, 11) is 0. The van der Waals surface area contributed by atoms with E-state index < -0.39 is 0 Å². The largest absolute Gasteiger partial charge is 0.381 e. The first-order valence-electron chi connectivity index (χ1n) is 5.99. The number of hydrogen-bond donors (Lipinski definition) is 1. The summed E-state index contributed by atoms with van der Waals surface area (Å²) in [5.41, 5.74) is 0.121. The average molecular weight is 223 g/mol. The highest BCUT2D eigenvalue weighted by Crippen LogP contribution is 2.25. The Bertz CT molecular complexity index is 340. The van der Waals surface area contributed by atoms with Gasteiger partial charge in [-0.15, -0.1) is 0 Å². The quantitative estimate of drug-likeness (QED) is 0.855. The van der Waals surface area contributed by atoms with Crippen molar-refractivity contribution in [1.82, 2.24) is 9.55 Å². The maximum absolute atomic E-state index is 5.39. The second-order valence-electron chi connectivity index (χ2n) is 5.05. The summed E-state index contributed by atoms with van der Waals surface area (Å²) in [6.45, 7) is 8.25. The molecule has 0 unspecified atom stereocenters. The summed E-state index contributed by atoms with van der Waals surface area (Å²) < 4.78 is 7.56. The molecule has 1 fully saturated rings.